The van der Waals surface area contributed by atoms with E-state index in [-0.39, 0.29) is 72.1 Å². The minimum atomic E-state index is -1.77. The SMILES string of the molecule is C[C@]12CCC(=O)C=C1CC[C@H]1[C@@H]2C(=O)C[C@]2(C)[C@H]1CC[C@]2(O)C(=O)COC(=O)CCC(=O)NCCc1ccc(O)cc1. The van der Waals surface area contributed by atoms with Gasteiger partial charge in [-0.1, -0.05) is 31.6 Å². The van der Waals surface area contributed by atoms with Crippen LogP contribution in [-0.4, -0.2) is 58.2 Å². The zero-order valence-corrected chi connectivity index (χ0v) is 24.4. The van der Waals surface area contributed by atoms with E-state index < -0.39 is 29.4 Å². The lowest BCUT2D eigenvalue weighted by Crippen LogP contribution is -2.61. The molecule has 3 saturated carbocycles. The highest BCUT2D eigenvalue weighted by Gasteiger charge is 2.68. The van der Waals surface area contributed by atoms with Crippen LogP contribution in [0.15, 0.2) is 35.9 Å². The number of nitrogens with one attached hydrogen (secondary N) is 1. The largest absolute Gasteiger partial charge is 0.508 e. The number of rotatable bonds is 9. The summed E-state index contributed by atoms with van der Waals surface area (Å²) in [6.45, 7) is 3.71. The number of aliphatic hydroxyl groups is 1. The topological polar surface area (TPSA) is 147 Å². The van der Waals surface area contributed by atoms with Crippen molar-refractivity contribution in [1.29, 1.82) is 0 Å². The summed E-state index contributed by atoms with van der Waals surface area (Å²) >= 11 is 0. The van der Waals surface area contributed by atoms with Gasteiger partial charge in [0.2, 0.25) is 11.7 Å². The van der Waals surface area contributed by atoms with Gasteiger partial charge in [-0.2, -0.15) is 0 Å². The molecule has 3 fully saturated rings. The summed E-state index contributed by atoms with van der Waals surface area (Å²) < 4.78 is 5.20. The molecule has 0 unspecified atom stereocenters. The summed E-state index contributed by atoms with van der Waals surface area (Å²) in [5.74, 6) is -1.50. The fourth-order valence-electron chi connectivity index (χ4n) is 8.50. The van der Waals surface area contributed by atoms with Crippen LogP contribution in [0.5, 0.6) is 5.75 Å². The summed E-state index contributed by atoms with van der Waals surface area (Å²) in [6, 6.07) is 6.68. The number of carbonyl (C=O) groups is 5. The minimum Gasteiger partial charge on any atom is -0.508 e. The van der Waals surface area contributed by atoms with Gasteiger partial charge in [0, 0.05) is 37.1 Å². The molecule has 42 heavy (non-hydrogen) atoms. The lowest BCUT2D eigenvalue weighted by atomic mass is 9.46. The number of hydrogen-bond acceptors (Lipinski definition) is 8. The van der Waals surface area contributed by atoms with Gasteiger partial charge < -0.3 is 20.3 Å². The van der Waals surface area contributed by atoms with Gasteiger partial charge in [0.25, 0.3) is 0 Å². The Morgan fingerprint density at radius 1 is 1.02 bits per heavy atom. The number of phenols is 1. The monoisotopic (exact) mass is 579 g/mol. The van der Waals surface area contributed by atoms with Gasteiger partial charge in [0.05, 0.1) is 6.42 Å². The molecule has 0 spiro atoms. The quantitative estimate of drug-likeness (QED) is 0.377. The summed E-state index contributed by atoms with van der Waals surface area (Å²) in [4.78, 5) is 63.7. The Labute approximate surface area is 246 Å². The molecule has 0 bridgehead atoms. The first-order chi connectivity index (χ1) is 19.9. The van der Waals surface area contributed by atoms with E-state index in [9.17, 15) is 34.2 Å². The van der Waals surface area contributed by atoms with Crippen molar-refractivity contribution in [2.45, 2.75) is 83.7 Å². The van der Waals surface area contributed by atoms with Gasteiger partial charge in [-0.25, -0.2) is 0 Å². The van der Waals surface area contributed by atoms with Crippen molar-refractivity contribution in [2.24, 2.45) is 28.6 Å². The first-order valence-corrected chi connectivity index (χ1v) is 15.1. The van der Waals surface area contributed by atoms with Crippen molar-refractivity contribution in [1.82, 2.24) is 5.32 Å². The molecule has 0 aromatic heterocycles. The molecule has 0 radical (unpaired) electrons. The van der Waals surface area contributed by atoms with E-state index in [2.05, 4.69) is 12.2 Å². The zero-order chi connectivity index (χ0) is 30.3. The number of ether oxygens (including phenoxy) is 1. The van der Waals surface area contributed by atoms with Crippen LogP contribution in [0.1, 0.15) is 77.2 Å². The van der Waals surface area contributed by atoms with Crippen LogP contribution < -0.4 is 5.32 Å². The van der Waals surface area contributed by atoms with Crippen molar-refractivity contribution >= 4 is 29.2 Å². The van der Waals surface area contributed by atoms with Crippen LogP contribution in [-0.2, 0) is 35.1 Å². The molecule has 0 saturated heterocycles. The number of hydrogen-bond donors (Lipinski definition) is 3. The number of Topliss-reactive ketones (excluding diaryl/α,β-unsaturated/α-hetero) is 2. The Bertz CT molecular complexity index is 1320. The molecule has 0 heterocycles. The van der Waals surface area contributed by atoms with Crippen LogP contribution in [0.25, 0.3) is 0 Å². The fraction of sp³-hybridized carbons (Fsp3) is 0.606. The third-order valence-electron chi connectivity index (χ3n) is 10.9. The summed E-state index contributed by atoms with van der Waals surface area (Å²) in [6.07, 6.45) is 5.52. The number of esters is 1. The molecular weight excluding hydrogens is 538 g/mol. The van der Waals surface area contributed by atoms with E-state index in [0.29, 0.717) is 32.2 Å². The second-order valence-electron chi connectivity index (χ2n) is 13.1. The molecule has 6 atom stereocenters. The Hall–Kier alpha value is -3.33. The van der Waals surface area contributed by atoms with Gasteiger partial charge in [-0.3, -0.25) is 24.0 Å². The number of fused-ring (bicyclic) bond motifs is 5. The minimum absolute atomic E-state index is 0.0221. The predicted molar refractivity (Wildman–Crippen MR) is 152 cm³/mol. The first-order valence-electron chi connectivity index (χ1n) is 15.1. The maximum atomic E-state index is 13.7. The molecule has 9 nitrogen and oxygen atoms in total. The zero-order valence-electron chi connectivity index (χ0n) is 24.4. The highest BCUT2D eigenvalue weighted by atomic mass is 16.5. The highest BCUT2D eigenvalue weighted by molar-refractivity contribution is 5.95. The van der Waals surface area contributed by atoms with Crippen LogP contribution >= 0.6 is 0 Å². The van der Waals surface area contributed by atoms with Crippen LogP contribution in [0.4, 0.5) is 0 Å². The van der Waals surface area contributed by atoms with Gasteiger partial charge in [-0.05, 0) is 79.5 Å². The molecule has 4 aliphatic rings. The summed E-state index contributed by atoms with van der Waals surface area (Å²) in [7, 11) is 0. The van der Waals surface area contributed by atoms with E-state index in [4.69, 9.17) is 4.74 Å². The molecule has 1 aromatic rings. The molecule has 3 N–H and O–H groups in total. The molecule has 1 amide bonds. The lowest BCUT2D eigenvalue weighted by molar-refractivity contribution is -0.173. The van der Waals surface area contributed by atoms with Gasteiger partial charge >= 0.3 is 5.97 Å². The normalized spacial score (nSPS) is 33.6. The number of amides is 1. The van der Waals surface area contributed by atoms with E-state index >= 15 is 0 Å². The lowest BCUT2D eigenvalue weighted by Gasteiger charge is -2.57. The Morgan fingerprint density at radius 2 is 1.76 bits per heavy atom. The molecule has 9 heteroatoms. The van der Waals surface area contributed by atoms with Crippen LogP contribution in [0.3, 0.4) is 0 Å². The molecule has 0 aliphatic heterocycles. The van der Waals surface area contributed by atoms with Gasteiger partial charge in [0.15, 0.2) is 12.4 Å². The molecule has 226 valence electrons. The van der Waals surface area contributed by atoms with Crippen molar-refractivity contribution < 1.29 is 38.9 Å². The molecule has 5 rings (SSSR count). The average Bonchev–Trinajstić information content (AvgIpc) is 3.22. The molecule has 4 aliphatic carbocycles. The number of aromatic hydroxyl groups is 1. The van der Waals surface area contributed by atoms with Crippen molar-refractivity contribution in [3.63, 3.8) is 0 Å². The molecule has 1 aromatic carbocycles. The highest BCUT2D eigenvalue weighted by Crippen LogP contribution is 2.66. The fourth-order valence-corrected chi connectivity index (χ4v) is 8.50. The Kier molecular flexibility index (Phi) is 8.18. The van der Waals surface area contributed by atoms with Crippen molar-refractivity contribution in [3.8, 4) is 5.75 Å². The van der Waals surface area contributed by atoms with Crippen molar-refractivity contribution in [3.05, 3.63) is 41.5 Å². The number of ketones is 3. The van der Waals surface area contributed by atoms with E-state index in [1.165, 1.54) is 0 Å². The smallest absolute Gasteiger partial charge is 0.306 e. The van der Waals surface area contributed by atoms with E-state index in [1.54, 1.807) is 30.3 Å². The number of allylic oxidation sites excluding steroid dienone is 1. The van der Waals surface area contributed by atoms with Gasteiger partial charge in [-0.15, -0.1) is 0 Å². The Balaban J connectivity index is 1.14. The van der Waals surface area contributed by atoms with Crippen LogP contribution in [0, 0.1) is 28.6 Å². The second-order valence-corrected chi connectivity index (χ2v) is 13.1. The second kappa shape index (κ2) is 11.4. The first kappa shape index (κ1) is 30.1. The number of carbonyl (C=O) groups excluding carboxylic acids is 5. The standard InChI is InChI=1S/C33H41NO8/c1-31-14-11-23(36)17-21(31)5-8-24-25-12-15-33(41,32(25,2)18-26(37)30(24)31)27(38)19-42-29(40)10-9-28(39)34-16-13-20-3-6-22(35)7-4-20/h3-4,6-7,17,24-25,30,35,41H,5,8-16,18-19H2,1-2H3,(H,34,39)/t24-,25+,30-,31+,32-,33+/m1/s1. The maximum absolute atomic E-state index is 13.7. The maximum Gasteiger partial charge on any atom is 0.306 e. The van der Waals surface area contributed by atoms with E-state index in [1.807, 2.05) is 6.92 Å². The van der Waals surface area contributed by atoms with Gasteiger partial charge in [0.1, 0.15) is 17.1 Å². The summed E-state index contributed by atoms with van der Waals surface area (Å²) in [5.41, 5.74) is -1.06. The predicted octanol–water partition coefficient (Wildman–Crippen LogP) is 3.39. The van der Waals surface area contributed by atoms with Crippen LogP contribution in [0.2, 0.25) is 0 Å². The van der Waals surface area contributed by atoms with E-state index in [0.717, 1.165) is 24.0 Å². The number of phenolic OH excluding ortho intramolecular Hbond substituents is 1. The third kappa shape index (κ3) is 5.32. The average molecular weight is 580 g/mol. The molecular formula is C33H41NO8. The third-order valence-corrected chi connectivity index (χ3v) is 10.9. The number of benzene rings is 1. The Morgan fingerprint density at radius 3 is 2.50 bits per heavy atom. The van der Waals surface area contributed by atoms with Crippen molar-refractivity contribution in [2.75, 3.05) is 13.2 Å². The summed E-state index contributed by atoms with van der Waals surface area (Å²) in [5, 5.41) is 23.8.